The van der Waals surface area contributed by atoms with Gasteiger partial charge < -0.3 is 28.7 Å². The van der Waals surface area contributed by atoms with Crippen LogP contribution in [-0.4, -0.2) is 115 Å². The van der Waals surface area contributed by atoms with Crippen molar-refractivity contribution >= 4 is 33.9 Å². The highest BCUT2D eigenvalue weighted by molar-refractivity contribution is 5.95. The first-order valence-corrected chi connectivity index (χ1v) is 23.6. The van der Waals surface area contributed by atoms with Crippen LogP contribution < -0.4 is 0 Å². The summed E-state index contributed by atoms with van der Waals surface area (Å²) in [6.45, 7) is 5.58. The van der Waals surface area contributed by atoms with Gasteiger partial charge in [-0.05, 0) is 123 Å². The molecule has 2 saturated heterocycles. The van der Waals surface area contributed by atoms with E-state index in [-0.39, 0.29) is 23.4 Å². The Morgan fingerprint density at radius 3 is 1.25 bits per heavy atom. The molecular formula is C52H62F2N8O2. The minimum atomic E-state index is -0.266. The molecule has 0 bridgehead atoms. The third-order valence-electron chi connectivity index (χ3n) is 14.7. The van der Waals surface area contributed by atoms with Crippen LogP contribution in [0.15, 0.2) is 97.6 Å². The lowest BCUT2D eigenvalue weighted by molar-refractivity contribution is 0.0592. The van der Waals surface area contributed by atoms with Crippen LogP contribution in [0, 0.1) is 11.6 Å². The Labute approximate surface area is 375 Å². The summed E-state index contributed by atoms with van der Waals surface area (Å²) in [6.07, 6.45) is 18.5. The molecule has 2 amide bonds. The number of piperidine rings is 2. The number of carbonyl (C=O) groups is 2. The summed E-state index contributed by atoms with van der Waals surface area (Å²) in [7, 11) is 3.89. The van der Waals surface area contributed by atoms with E-state index in [1.807, 2.05) is 81.6 Å². The minimum Gasteiger partial charge on any atom is -0.339 e. The van der Waals surface area contributed by atoms with Crippen molar-refractivity contribution in [2.75, 3.05) is 40.3 Å². The highest BCUT2D eigenvalue weighted by Gasteiger charge is 2.32. The van der Waals surface area contributed by atoms with Crippen molar-refractivity contribution in [2.45, 2.75) is 114 Å². The first-order valence-electron chi connectivity index (χ1n) is 23.6. The van der Waals surface area contributed by atoms with E-state index in [1.54, 1.807) is 24.8 Å². The Morgan fingerprint density at radius 2 is 0.891 bits per heavy atom. The van der Waals surface area contributed by atoms with E-state index < -0.39 is 0 Å². The summed E-state index contributed by atoms with van der Waals surface area (Å²) < 4.78 is 31.1. The summed E-state index contributed by atoms with van der Waals surface area (Å²) in [5.74, 6) is -0.355. The first-order chi connectivity index (χ1) is 31.2. The minimum absolute atomic E-state index is 0.0889. The molecule has 12 heteroatoms. The lowest BCUT2D eigenvalue weighted by Crippen LogP contribution is -2.48. The number of rotatable bonds is 10. The summed E-state index contributed by atoms with van der Waals surface area (Å²) in [4.78, 5) is 44.0. The number of hydrogen-bond donors (Lipinski definition) is 0. The Morgan fingerprint density at radius 1 is 0.531 bits per heavy atom. The van der Waals surface area contributed by atoms with Gasteiger partial charge in [-0.15, -0.1) is 0 Å². The van der Waals surface area contributed by atoms with Crippen LogP contribution in [0.2, 0.25) is 0 Å². The maximum atomic E-state index is 13.6. The second-order valence-corrected chi connectivity index (χ2v) is 18.6. The summed E-state index contributed by atoms with van der Waals surface area (Å²) in [5, 5.41) is 0. The van der Waals surface area contributed by atoms with E-state index in [9.17, 15) is 18.4 Å². The third kappa shape index (κ3) is 9.93. The molecule has 2 aliphatic carbocycles. The van der Waals surface area contributed by atoms with Gasteiger partial charge in [-0.25, -0.2) is 18.7 Å². The van der Waals surface area contributed by atoms with Gasteiger partial charge in [0.1, 0.15) is 11.6 Å². The SMILES string of the molecule is CN(C(=O)c1ccc(Cn2cnc3ccc(F)cc32)cc1)C1CCN(C2CCCC2)CC1.CN(C(=O)c1ccc(Cn2cnc3ccc(F)cc32)cc1)C1CCN(C2CCCC2)CC1. The zero-order chi connectivity index (χ0) is 44.2. The molecule has 4 heterocycles. The second kappa shape index (κ2) is 19.7. The molecular weight excluding hydrogens is 807 g/mol. The van der Waals surface area contributed by atoms with Crippen molar-refractivity contribution in [2.24, 2.45) is 0 Å². The van der Waals surface area contributed by atoms with Crippen molar-refractivity contribution in [3.8, 4) is 0 Å². The first kappa shape index (κ1) is 43.8. The number of likely N-dealkylation sites (tertiary alicyclic amines) is 2. The van der Waals surface area contributed by atoms with Crippen molar-refractivity contribution < 1.29 is 18.4 Å². The van der Waals surface area contributed by atoms with Crippen LogP contribution >= 0.6 is 0 Å². The fourth-order valence-electron chi connectivity index (χ4n) is 10.8. The van der Waals surface area contributed by atoms with E-state index in [0.29, 0.717) is 25.2 Å². The van der Waals surface area contributed by atoms with Crippen LogP contribution in [0.3, 0.4) is 0 Å². The van der Waals surface area contributed by atoms with E-state index in [2.05, 4.69) is 19.8 Å². The van der Waals surface area contributed by atoms with E-state index >= 15 is 0 Å². The molecule has 0 unspecified atom stereocenters. The predicted molar refractivity (Wildman–Crippen MR) is 248 cm³/mol. The van der Waals surface area contributed by atoms with Gasteiger partial charge in [-0.1, -0.05) is 49.9 Å². The molecule has 6 aromatic rings. The number of fused-ring (bicyclic) bond motifs is 2. The van der Waals surface area contributed by atoms with Gasteiger partial charge in [-0.2, -0.15) is 0 Å². The van der Waals surface area contributed by atoms with Crippen LogP contribution in [0.5, 0.6) is 0 Å². The molecule has 0 radical (unpaired) electrons. The number of hydrogen-bond acceptors (Lipinski definition) is 6. The molecule has 4 aromatic carbocycles. The topological polar surface area (TPSA) is 82.7 Å². The van der Waals surface area contributed by atoms with Crippen LogP contribution in [0.1, 0.15) is 109 Å². The normalized spacial score (nSPS) is 18.4. The zero-order valence-corrected chi connectivity index (χ0v) is 37.4. The van der Waals surface area contributed by atoms with Crippen LogP contribution in [0.25, 0.3) is 22.1 Å². The largest absolute Gasteiger partial charge is 0.339 e. The molecule has 0 N–H and O–H groups in total. The van der Waals surface area contributed by atoms with E-state index in [4.69, 9.17) is 0 Å². The average molecular weight is 869 g/mol. The van der Waals surface area contributed by atoms with Crippen LogP contribution in [-0.2, 0) is 13.1 Å². The molecule has 10 nitrogen and oxygen atoms in total. The highest BCUT2D eigenvalue weighted by Crippen LogP contribution is 2.29. The molecule has 336 valence electrons. The van der Waals surface area contributed by atoms with Gasteiger partial charge in [0.05, 0.1) is 34.7 Å². The maximum absolute atomic E-state index is 13.6. The maximum Gasteiger partial charge on any atom is 0.253 e. The molecule has 2 saturated carbocycles. The number of halogens is 2. The quantitative estimate of drug-likeness (QED) is 0.137. The number of amides is 2. The smallest absolute Gasteiger partial charge is 0.253 e. The number of carbonyl (C=O) groups excluding carboxylic acids is 2. The Kier molecular flexibility index (Phi) is 13.5. The van der Waals surface area contributed by atoms with Crippen LogP contribution in [0.4, 0.5) is 8.78 Å². The average Bonchev–Trinajstić information content (AvgIpc) is 4.19. The molecule has 2 aromatic heterocycles. The number of aromatic nitrogens is 4. The van der Waals surface area contributed by atoms with Crippen molar-refractivity contribution in [3.63, 3.8) is 0 Å². The van der Waals surface area contributed by atoms with Gasteiger partial charge in [0.15, 0.2) is 0 Å². The number of benzene rings is 4. The van der Waals surface area contributed by atoms with E-state index in [1.165, 1.54) is 75.6 Å². The fourth-order valence-corrected chi connectivity index (χ4v) is 10.8. The molecule has 0 atom stereocenters. The highest BCUT2D eigenvalue weighted by atomic mass is 19.1. The Bertz CT molecular complexity index is 2330. The predicted octanol–water partition coefficient (Wildman–Crippen LogP) is 9.41. The molecule has 4 aliphatic rings. The Balaban J connectivity index is 0.000000162. The lowest BCUT2D eigenvalue weighted by Gasteiger charge is -2.39. The third-order valence-corrected chi connectivity index (χ3v) is 14.7. The van der Waals surface area contributed by atoms with Gasteiger partial charge in [0.25, 0.3) is 11.8 Å². The van der Waals surface area contributed by atoms with Crippen molar-refractivity contribution in [1.29, 1.82) is 0 Å². The van der Waals surface area contributed by atoms with Gasteiger partial charge in [0, 0.05) is 88.7 Å². The molecule has 2 aliphatic heterocycles. The summed E-state index contributed by atoms with van der Waals surface area (Å²) in [6, 6.07) is 27.0. The molecule has 4 fully saturated rings. The molecule has 10 rings (SSSR count). The van der Waals surface area contributed by atoms with Gasteiger partial charge >= 0.3 is 0 Å². The van der Waals surface area contributed by atoms with Gasteiger partial charge in [0.2, 0.25) is 0 Å². The Hall–Kier alpha value is -5.46. The monoisotopic (exact) mass is 868 g/mol. The fraction of sp³-hybridized carbons (Fsp3) is 0.462. The lowest BCUT2D eigenvalue weighted by atomic mass is 10.00. The summed E-state index contributed by atoms with van der Waals surface area (Å²) >= 11 is 0. The zero-order valence-electron chi connectivity index (χ0n) is 37.4. The van der Waals surface area contributed by atoms with E-state index in [0.717, 1.165) is 108 Å². The van der Waals surface area contributed by atoms with Crippen molar-refractivity contribution in [3.05, 3.63) is 131 Å². The van der Waals surface area contributed by atoms with Gasteiger partial charge in [-0.3, -0.25) is 9.59 Å². The van der Waals surface area contributed by atoms with Crippen molar-refractivity contribution in [1.82, 2.24) is 38.7 Å². The standard InChI is InChI=1S/2C26H31FN4O/c2*1-29(22-12-14-30(15-13-22)23-4-2-3-5-23)26(32)20-8-6-19(7-9-20)17-31-18-28-24-11-10-21(27)16-25(24)31/h2*6-11,16,18,22-23H,2-5,12-15,17H2,1H3. The number of nitrogens with zero attached hydrogens (tertiary/aromatic N) is 8. The summed E-state index contributed by atoms with van der Waals surface area (Å²) in [5.41, 5.74) is 6.64. The number of imidazole rings is 2. The molecule has 64 heavy (non-hydrogen) atoms. The second-order valence-electron chi connectivity index (χ2n) is 18.6. The molecule has 0 spiro atoms.